The van der Waals surface area contributed by atoms with Crippen LogP contribution in [0.1, 0.15) is 0 Å². The van der Waals surface area contributed by atoms with Gasteiger partial charge in [0, 0.05) is 42.9 Å². The summed E-state index contributed by atoms with van der Waals surface area (Å²) in [5, 5.41) is 4.94. The van der Waals surface area contributed by atoms with E-state index in [1.165, 1.54) is 47.7 Å². The van der Waals surface area contributed by atoms with Crippen LogP contribution < -0.4 is 0 Å². The number of rotatable bonds is 6. The Kier molecular flexibility index (Phi) is 7.68. The van der Waals surface area contributed by atoms with Crippen molar-refractivity contribution >= 4 is 53.3 Å². The second-order valence-corrected chi connectivity index (χ2v) is 15.2. The van der Waals surface area contributed by atoms with Gasteiger partial charge in [0.15, 0.2) is 5.82 Å². The first-order chi connectivity index (χ1) is 27.8. The van der Waals surface area contributed by atoms with Crippen molar-refractivity contribution in [2.45, 2.75) is 0 Å². The van der Waals surface area contributed by atoms with Crippen molar-refractivity contribution in [3.63, 3.8) is 0 Å². The van der Waals surface area contributed by atoms with Gasteiger partial charge in [0.25, 0.3) is 0 Å². The van der Waals surface area contributed by atoms with Crippen molar-refractivity contribution in [2.24, 2.45) is 0 Å². The zero-order valence-corrected chi connectivity index (χ0v) is 31.1. The molecule has 11 aromatic rings. The second kappa shape index (κ2) is 13.3. The third-order valence-electron chi connectivity index (χ3n) is 10.8. The average Bonchev–Trinajstić information content (AvgIpc) is 3.83. The lowest BCUT2D eigenvalue weighted by molar-refractivity contribution is 1.18. The summed E-state index contributed by atoms with van der Waals surface area (Å²) in [5.41, 5.74) is 13.0. The fraction of sp³-hybridized carbons (Fsp3) is 0. The molecule has 0 saturated carbocycles. The molecule has 0 saturated heterocycles. The number of thiophene rings is 1. The van der Waals surface area contributed by atoms with E-state index >= 15 is 0 Å². The van der Waals surface area contributed by atoms with Crippen molar-refractivity contribution in [2.75, 3.05) is 0 Å². The van der Waals surface area contributed by atoms with Gasteiger partial charge in [-0.2, -0.15) is 0 Å². The molecular formula is C52H33N3S. The van der Waals surface area contributed by atoms with Gasteiger partial charge in [0.2, 0.25) is 0 Å². The molecule has 0 bridgehead atoms. The van der Waals surface area contributed by atoms with Crippen molar-refractivity contribution < 1.29 is 0 Å². The first-order valence-electron chi connectivity index (χ1n) is 18.9. The number of para-hydroxylation sites is 1. The van der Waals surface area contributed by atoms with Crippen LogP contribution in [-0.4, -0.2) is 14.5 Å². The van der Waals surface area contributed by atoms with E-state index in [1.54, 1.807) is 0 Å². The molecule has 0 unspecified atom stereocenters. The molecule has 0 amide bonds. The van der Waals surface area contributed by atoms with Crippen LogP contribution in [0.25, 0.3) is 104 Å². The van der Waals surface area contributed by atoms with Gasteiger partial charge in [0.1, 0.15) is 0 Å². The Balaban J connectivity index is 1.16. The number of fused-ring (bicyclic) bond motifs is 6. The molecule has 0 fully saturated rings. The summed E-state index contributed by atoms with van der Waals surface area (Å²) in [6, 6.07) is 71.3. The molecule has 8 aromatic carbocycles. The number of hydrogen-bond acceptors (Lipinski definition) is 3. The van der Waals surface area contributed by atoms with E-state index in [4.69, 9.17) is 9.97 Å². The van der Waals surface area contributed by atoms with Crippen LogP contribution in [0.3, 0.4) is 0 Å². The fourth-order valence-electron chi connectivity index (χ4n) is 8.22. The molecule has 4 heteroatoms. The third-order valence-corrected chi connectivity index (χ3v) is 12.0. The van der Waals surface area contributed by atoms with Gasteiger partial charge < -0.3 is 4.57 Å². The lowest BCUT2D eigenvalue weighted by Gasteiger charge is -2.13. The average molecular weight is 732 g/mol. The maximum atomic E-state index is 5.41. The Bertz CT molecular complexity index is 3150. The van der Waals surface area contributed by atoms with Gasteiger partial charge in [-0.15, -0.1) is 11.3 Å². The van der Waals surface area contributed by atoms with Crippen molar-refractivity contribution in [1.29, 1.82) is 0 Å². The van der Waals surface area contributed by atoms with Gasteiger partial charge in [-0.05, 0) is 64.7 Å². The highest BCUT2D eigenvalue weighted by molar-refractivity contribution is 7.26. The van der Waals surface area contributed by atoms with Crippen molar-refractivity contribution in [3.05, 3.63) is 200 Å². The molecule has 0 spiro atoms. The standard InChI is InChI=1S/C52H33N3S/c1-3-15-34(16-4-1)36-19-11-21-38(31-36)44-33-45(54-52(53-44)39-22-12-20-37(32-39)35-17-5-2-6-18-35)42-26-14-28-47-50(42)43-24-7-9-27-46(43)55(47)48-29-13-25-41-40-23-8-10-30-49(40)56-51(41)48/h1-33H. The summed E-state index contributed by atoms with van der Waals surface area (Å²) in [5.74, 6) is 0.691. The Morgan fingerprint density at radius 3 is 1.71 bits per heavy atom. The van der Waals surface area contributed by atoms with Gasteiger partial charge in [-0.1, -0.05) is 158 Å². The Labute approximate surface area is 328 Å². The highest BCUT2D eigenvalue weighted by Gasteiger charge is 2.21. The summed E-state index contributed by atoms with van der Waals surface area (Å²) in [6.07, 6.45) is 0. The topological polar surface area (TPSA) is 30.7 Å². The summed E-state index contributed by atoms with van der Waals surface area (Å²) >= 11 is 1.86. The number of nitrogens with zero attached hydrogens (tertiary/aromatic N) is 3. The monoisotopic (exact) mass is 731 g/mol. The lowest BCUT2D eigenvalue weighted by atomic mass is 9.99. The van der Waals surface area contributed by atoms with Crippen molar-refractivity contribution in [3.8, 4) is 61.8 Å². The van der Waals surface area contributed by atoms with Gasteiger partial charge in [0.05, 0.1) is 32.8 Å². The predicted molar refractivity (Wildman–Crippen MR) is 236 cm³/mol. The molecule has 3 aromatic heterocycles. The Hall–Kier alpha value is -7.14. The Morgan fingerprint density at radius 1 is 0.375 bits per heavy atom. The predicted octanol–water partition coefficient (Wildman–Crippen LogP) is 14.3. The van der Waals surface area contributed by atoms with E-state index in [-0.39, 0.29) is 0 Å². The minimum Gasteiger partial charge on any atom is -0.308 e. The summed E-state index contributed by atoms with van der Waals surface area (Å²) in [6.45, 7) is 0. The van der Waals surface area contributed by atoms with E-state index in [1.807, 2.05) is 11.3 Å². The van der Waals surface area contributed by atoms with Crippen LogP contribution in [0.4, 0.5) is 0 Å². The second-order valence-electron chi connectivity index (χ2n) is 14.2. The first-order valence-corrected chi connectivity index (χ1v) is 19.7. The van der Waals surface area contributed by atoms with Crippen LogP contribution >= 0.6 is 11.3 Å². The summed E-state index contributed by atoms with van der Waals surface area (Å²) < 4.78 is 5.02. The van der Waals surface area contributed by atoms with Crippen LogP contribution in [0.5, 0.6) is 0 Å². The molecule has 56 heavy (non-hydrogen) atoms. The van der Waals surface area contributed by atoms with E-state index in [9.17, 15) is 0 Å². The largest absolute Gasteiger partial charge is 0.308 e. The highest BCUT2D eigenvalue weighted by atomic mass is 32.1. The normalized spacial score (nSPS) is 11.6. The molecule has 262 valence electrons. The number of benzene rings is 8. The highest BCUT2D eigenvalue weighted by Crippen LogP contribution is 2.43. The molecular weight excluding hydrogens is 699 g/mol. The SMILES string of the molecule is c1ccc(-c2cccc(-c3cc(-c4cccc5c4c4ccccc4n5-c4cccc5c4sc4ccccc45)nc(-c4cccc(-c5ccccc5)c4)n3)c2)cc1. The maximum absolute atomic E-state index is 5.41. The van der Waals surface area contributed by atoms with E-state index in [0.29, 0.717) is 5.82 Å². The van der Waals surface area contributed by atoms with E-state index in [0.717, 1.165) is 50.3 Å². The molecule has 0 atom stereocenters. The van der Waals surface area contributed by atoms with E-state index in [2.05, 4.69) is 205 Å². The van der Waals surface area contributed by atoms with Crippen LogP contribution in [0.2, 0.25) is 0 Å². The molecule has 0 aliphatic carbocycles. The lowest BCUT2D eigenvalue weighted by Crippen LogP contribution is -1.97. The van der Waals surface area contributed by atoms with Crippen LogP contribution in [0.15, 0.2) is 200 Å². The number of aromatic nitrogens is 3. The fourth-order valence-corrected chi connectivity index (χ4v) is 9.43. The van der Waals surface area contributed by atoms with Gasteiger partial charge >= 0.3 is 0 Å². The summed E-state index contributed by atoms with van der Waals surface area (Å²) in [4.78, 5) is 10.7. The van der Waals surface area contributed by atoms with E-state index < -0.39 is 0 Å². The quantitative estimate of drug-likeness (QED) is 0.170. The molecule has 3 heterocycles. The molecule has 0 aliphatic heterocycles. The van der Waals surface area contributed by atoms with Gasteiger partial charge in [-0.25, -0.2) is 9.97 Å². The zero-order chi connectivity index (χ0) is 37.0. The smallest absolute Gasteiger partial charge is 0.160 e. The summed E-state index contributed by atoms with van der Waals surface area (Å²) in [7, 11) is 0. The minimum atomic E-state index is 0.691. The molecule has 11 rings (SSSR count). The molecule has 0 N–H and O–H groups in total. The maximum Gasteiger partial charge on any atom is 0.160 e. The Morgan fingerprint density at radius 2 is 0.929 bits per heavy atom. The molecule has 0 aliphatic rings. The van der Waals surface area contributed by atoms with Crippen LogP contribution in [0, 0.1) is 0 Å². The zero-order valence-electron chi connectivity index (χ0n) is 30.3. The van der Waals surface area contributed by atoms with Crippen LogP contribution in [-0.2, 0) is 0 Å². The minimum absolute atomic E-state index is 0.691. The molecule has 3 nitrogen and oxygen atoms in total. The molecule has 0 radical (unpaired) electrons. The van der Waals surface area contributed by atoms with Crippen molar-refractivity contribution in [1.82, 2.24) is 14.5 Å². The number of hydrogen-bond donors (Lipinski definition) is 0. The first kappa shape index (κ1) is 32.3. The van der Waals surface area contributed by atoms with Gasteiger partial charge in [-0.3, -0.25) is 0 Å². The third kappa shape index (κ3) is 5.42.